The van der Waals surface area contributed by atoms with Gasteiger partial charge >= 0.3 is 6.92 Å². The summed E-state index contributed by atoms with van der Waals surface area (Å²) in [5.74, 6) is -9.70. The van der Waals surface area contributed by atoms with Gasteiger partial charge < -0.3 is 10.4 Å². The SMILES string of the molecule is NCCOB(c1ccc(F)c(F)c1F)c1ccc(F)c(F)c1F. The van der Waals surface area contributed by atoms with Crippen molar-refractivity contribution < 1.29 is 31.0 Å². The lowest BCUT2D eigenvalue weighted by atomic mass is 9.54. The standard InChI is InChI=1S/C14H10BF6NO/c16-9-3-1-7(11(18)13(9)20)15(23-6-5-22)8-2-4-10(17)14(21)12(8)19/h1-4H,5-6,22H2. The monoisotopic (exact) mass is 333 g/mol. The zero-order valence-electron chi connectivity index (χ0n) is 11.6. The van der Waals surface area contributed by atoms with Crippen molar-refractivity contribution in [3.63, 3.8) is 0 Å². The predicted octanol–water partition coefficient (Wildman–Crippen LogP) is 1.60. The van der Waals surface area contributed by atoms with Crippen LogP contribution in [-0.4, -0.2) is 20.1 Å². The van der Waals surface area contributed by atoms with E-state index in [1.54, 1.807) is 0 Å². The van der Waals surface area contributed by atoms with E-state index >= 15 is 0 Å². The molecule has 0 radical (unpaired) electrons. The van der Waals surface area contributed by atoms with E-state index in [1.165, 1.54) is 0 Å². The highest BCUT2D eigenvalue weighted by atomic mass is 19.2. The van der Waals surface area contributed by atoms with Crippen molar-refractivity contribution >= 4 is 17.8 Å². The summed E-state index contributed by atoms with van der Waals surface area (Å²) >= 11 is 0. The van der Waals surface area contributed by atoms with Crippen LogP contribution in [-0.2, 0) is 4.65 Å². The predicted molar refractivity (Wildman–Crippen MR) is 72.7 cm³/mol. The summed E-state index contributed by atoms with van der Waals surface area (Å²) < 4.78 is 85.8. The third-order valence-electron chi connectivity index (χ3n) is 3.10. The van der Waals surface area contributed by atoms with Gasteiger partial charge in [-0.1, -0.05) is 12.1 Å². The Hall–Kier alpha value is -2.00. The number of nitrogens with two attached hydrogens (primary N) is 1. The molecule has 0 bridgehead atoms. The smallest absolute Gasteiger partial charge is 0.367 e. The second-order valence-electron chi connectivity index (χ2n) is 4.57. The first kappa shape index (κ1) is 17.4. The van der Waals surface area contributed by atoms with Crippen molar-refractivity contribution in [2.45, 2.75) is 0 Å². The average Bonchev–Trinajstić information content (AvgIpc) is 2.53. The van der Waals surface area contributed by atoms with Crippen LogP contribution in [0.3, 0.4) is 0 Å². The van der Waals surface area contributed by atoms with Gasteiger partial charge in [0.1, 0.15) is 0 Å². The molecule has 0 aromatic heterocycles. The minimum absolute atomic E-state index is 0.0485. The molecular formula is C14H10BF6NO. The van der Waals surface area contributed by atoms with E-state index in [9.17, 15) is 26.3 Å². The van der Waals surface area contributed by atoms with Crippen LogP contribution in [0.25, 0.3) is 0 Å². The van der Waals surface area contributed by atoms with Gasteiger partial charge in [-0.25, -0.2) is 26.3 Å². The fourth-order valence-electron chi connectivity index (χ4n) is 2.02. The van der Waals surface area contributed by atoms with E-state index in [0.29, 0.717) is 12.1 Å². The fraction of sp³-hybridized carbons (Fsp3) is 0.143. The molecular weight excluding hydrogens is 323 g/mol. The lowest BCUT2D eigenvalue weighted by molar-refractivity contribution is 0.341. The van der Waals surface area contributed by atoms with Crippen molar-refractivity contribution in [3.05, 3.63) is 59.2 Å². The van der Waals surface area contributed by atoms with Crippen LogP contribution >= 0.6 is 0 Å². The number of benzene rings is 2. The van der Waals surface area contributed by atoms with Crippen LogP contribution in [0.5, 0.6) is 0 Å². The number of rotatable bonds is 5. The van der Waals surface area contributed by atoms with Gasteiger partial charge in [0.25, 0.3) is 0 Å². The zero-order chi connectivity index (χ0) is 17.1. The summed E-state index contributed by atoms with van der Waals surface area (Å²) in [7, 11) is 0. The van der Waals surface area contributed by atoms with E-state index < -0.39 is 52.7 Å². The molecule has 0 saturated carbocycles. The highest BCUT2D eigenvalue weighted by molar-refractivity contribution is 6.80. The Balaban J connectivity index is 2.59. The molecule has 0 amide bonds. The van der Waals surface area contributed by atoms with Crippen LogP contribution in [0.1, 0.15) is 0 Å². The maximum absolute atomic E-state index is 13.9. The Bertz CT molecular complexity index is 669. The van der Waals surface area contributed by atoms with E-state index in [1.807, 2.05) is 0 Å². The maximum Gasteiger partial charge on any atom is 0.367 e. The fourth-order valence-corrected chi connectivity index (χ4v) is 2.02. The molecule has 0 aliphatic rings. The molecule has 2 rings (SSSR count). The minimum atomic E-state index is -1.79. The molecule has 0 spiro atoms. The molecule has 2 aromatic rings. The van der Waals surface area contributed by atoms with Gasteiger partial charge in [0, 0.05) is 13.2 Å². The molecule has 2 N–H and O–H groups in total. The molecule has 2 nitrogen and oxygen atoms in total. The molecule has 0 saturated heterocycles. The number of hydrogen-bond acceptors (Lipinski definition) is 2. The molecule has 2 aromatic carbocycles. The minimum Gasteiger partial charge on any atom is -0.425 e. The Morgan fingerprint density at radius 3 is 1.57 bits per heavy atom. The summed E-state index contributed by atoms with van der Waals surface area (Å²) in [6.45, 7) is -1.88. The molecule has 0 fully saturated rings. The summed E-state index contributed by atoms with van der Waals surface area (Å²) in [5.41, 5.74) is 4.10. The van der Waals surface area contributed by atoms with Crippen LogP contribution < -0.4 is 16.7 Å². The van der Waals surface area contributed by atoms with Crippen molar-refractivity contribution in [3.8, 4) is 0 Å². The van der Waals surface area contributed by atoms with Crippen molar-refractivity contribution in [2.75, 3.05) is 13.2 Å². The Morgan fingerprint density at radius 1 is 0.739 bits per heavy atom. The average molecular weight is 333 g/mol. The lowest BCUT2D eigenvalue weighted by Gasteiger charge is -2.17. The second kappa shape index (κ2) is 7.05. The Kier molecular flexibility index (Phi) is 5.32. The first-order chi connectivity index (χ1) is 10.9. The van der Waals surface area contributed by atoms with Crippen LogP contribution in [0.2, 0.25) is 0 Å². The molecule has 0 heterocycles. The second-order valence-corrected chi connectivity index (χ2v) is 4.57. The van der Waals surface area contributed by atoms with Crippen molar-refractivity contribution in [1.29, 1.82) is 0 Å². The molecule has 0 aliphatic heterocycles. The maximum atomic E-state index is 13.9. The van der Waals surface area contributed by atoms with Gasteiger partial charge in [-0.15, -0.1) is 0 Å². The molecule has 0 atom stereocenters. The van der Waals surface area contributed by atoms with E-state index in [4.69, 9.17) is 10.4 Å². The van der Waals surface area contributed by atoms with Crippen LogP contribution in [0, 0.1) is 34.9 Å². The van der Waals surface area contributed by atoms with Gasteiger partial charge in [0.2, 0.25) is 0 Å². The molecule has 9 heteroatoms. The zero-order valence-corrected chi connectivity index (χ0v) is 11.6. The van der Waals surface area contributed by atoms with E-state index in [0.717, 1.165) is 12.1 Å². The van der Waals surface area contributed by atoms with Crippen LogP contribution in [0.15, 0.2) is 24.3 Å². The largest absolute Gasteiger partial charge is 0.425 e. The van der Waals surface area contributed by atoms with Gasteiger partial charge in [-0.2, -0.15) is 0 Å². The van der Waals surface area contributed by atoms with Gasteiger partial charge in [-0.05, 0) is 23.1 Å². The third kappa shape index (κ3) is 3.35. The molecule has 0 unspecified atom stereocenters. The Labute approximate surface area is 128 Å². The quantitative estimate of drug-likeness (QED) is 0.513. The van der Waals surface area contributed by atoms with Gasteiger partial charge in [0.05, 0.1) is 0 Å². The summed E-state index contributed by atoms with van der Waals surface area (Å²) in [5, 5.41) is 0. The van der Waals surface area contributed by atoms with Crippen molar-refractivity contribution in [1.82, 2.24) is 0 Å². The van der Waals surface area contributed by atoms with E-state index in [2.05, 4.69) is 0 Å². The number of hydrogen-bond donors (Lipinski definition) is 1. The van der Waals surface area contributed by atoms with Gasteiger partial charge in [0.15, 0.2) is 34.9 Å². The topological polar surface area (TPSA) is 35.2 Å². The van der Waals surface area contributed by atoms with Gasteiger partial charge in [-0.3, -0.25) is 0 Å². The first-order valence-corrected chi connectivity index (χ1v) is 6.47. The molecule has 0 aliphatic carbocycles. The number of halogens is 6. The first-order valence-electron chi connectivity index (χ1n) is 6.47. The summed E-state index contributed by atoms with van der Waals surface area (Å²) in [4.78, 5) is 0. The summed E-state index contributed by atoms with van der Waals surface area (Å²) in [6.07, 6.45) is 0. The highest BCUT2D eigenvalue weighted by Crippen LogP contribution is 2.12. The lowest BCUT2D eigenvalue weighted by Crippen LogP contribution is -2.49. The molecule has 122 valence electrons. The highest BCUT2D eigenvalue weighted by Gasteiger charge is 2.31. The third-order valence-corrected chi connectivity index (χ3v) is 3.10. The summed E-state index contributed by atoms with van der Waals surface area (Å²) in [6, 6.07) is 2.89. The normalized spacial score (nSPS) is 10.9. The van der Waals surface area contributed by atoms with Crippen LogP contribution in [0.4, 0.5) is 26.3 Å². The Morgan fingerprint density at radius 2 is 1.17 bits per heavy atom. The van der Waals surface area contributed by atoms with E-state index in [-0.39, 0.29) is 13.2 Å². The molecule has 23 heavy (non-hydrogen) atoms. The van der Waals surface area contributed by atoms with Crippen molar-refractivity contribution in [2.24, 2.45) is 5.73 Å².